The lowest BCUT2D eigenvalue weighted by Gasteiger charge is -2.23. The fourth-order valence-electron chi connectivity index (χ4n) is 2.34. The third kappa shape index (κ3) is 6.34. The van der Waals surface area contributed by atoms with E-state index in [1.54, 1.807) is 6.92 Å². The Morgan fingerprint density at radius 2 is 1.82 bits per heavy atom. The van der Waals surface area contributed by atoms with E-state index in [-0.39, 0.29) is 24.5 Å². The second kappa shape index (κ2) is 10.6. The third-order valence-corrected chi connectivity index (χ3v) is 3.60. The molecule has 152 valence electrons. The number of nitro benzene ring substituents is 1. The zero-order valence-electron chi connectivity index (χ0n) is 15.4. The molecule has 0 unspecified atom stereocenters. The minimum absolute atomic E-state index is 0.0253. The second-order valence-corrected chi connectivity index (χ2v) is 5.53. The number of nitro groups is 1. The predicted octanol–water partition coefficient (Wildman–Crippen LogP) is 0.311. The zero-order valence-corrected chi connectivity index (χ0v) is 15.4. The molecular formula is C17H21N3O8. The van der Waals surface area contributed by atoms with Gasteiger partial charge in [-0.2, -0.15) is 0 Å². The SMILES string of the molecule is CCOC(=O)C[C@H](C(=O)OCC)[C@@H](NC(=O)c1cccc([N+](=O)[O-])c1)C(N)=O. The molecule has 0 aliphatic carbocycles. The van der Waals surface area contributed by atoms with Crippen molar-refractivity contribution in [3.05, 3.63) is 39.9 Å². The van der Waals surface area contributed by atoms with Crippen LogP contribution in [-0.4, -0.2) is 47.9 Å². The van der Waals surface area contributed by atoms with Gasteiger partial charge in [0.15, 0.2) is 0 Å². The molecule has 1 rings (SSSR count). The van der Waals surface area contributed by atoms with Gasteiger partial charge in [0, 0.05) is 17.7 Å². The Hall–Kier alpha value is -3.50. The van der Waals surface area contributed by atoms with Crippen molar-refractivity contribution in [1.29, 1.82) is 0 Å². The minimum atomic E-state index is -1.59. The number of nitrogens with one attached hydrogen (secondary N) is 1. The van der Waals surface area contributed by atoms with E-state index in [2.05, 4.69) is 5.32 Å². The van der Waals surface area contributed by atoms with Gasteiger partial charge in [-0.05, 0) is 19.9 Å². The number of rotatable bonds is 10. The number of benzene rings is 1. The van der Waals surface area contributed by atoms with E-state index in [4.69, 9.17) is 15.2 Å². The molecule has 1 aromatic rings. The van der Waals surface area contributed by atoms with Crippen LogP contribution in [0, 0.1) is 16.0 Å². The molecule has 1 aromatic carbocycles. The van der Waals surface area contributed by atoms with Crippen LogP contribution in [0.25, 0.3) is 0 Å². The summed E-state index contributed by atoms with van der Waals surface area (Å²) >= 11 is 0. The summed E-state index contributed by atoms with van der Waals surface area (Å²) in [6.45, 7) is 3.12. The number of non-ortho nitro benzene ring substituents is 1. The van der Waals surface area contributed by atoms with Crippen LogP contribution in [0.2, 0.25) is 0 Å². The molecule has 0 bridgehead atoms. The van der Waals surface area contributed by atoms with Crippen LogP contribution >= 0.6 is 0 Å². The molecule has 28 heavy (non-hydrogen) atoms. The second-order valence-electron chi connectivity index (χ2n) is 5.53. The average Bonchev–Trinajstić information content (AvgIpc) is 2.64. The minimum Gasteiger partial charge on any atom is -0.466 e. The van der Waals surface area contributed by atoms with Gasteiger partial charge in [0.1, 0.15) is 6.04 Å². The molecule has 0 aromatic heterocycles. The summed E-state index contributed by atoms with van der Waals surface area (Å²) < 4.78 is 9.63. The Morgan fingerprint density at radius 3 is 2.36 bits per heavy atom. The summed E-state index contributed by atoms with van der Waals surface area (Å²) in [4.78, 5) is 58.5. The normalized spacial score (nSPS) is 12.4. The smallest absolute Gasteiger partial charge is 0.312 e. The van der Waals surface area contributed by atoms with Crippen molar-refractivity contribution in [1.82, 2.24) is 5.32 Å². The van der Waals surface area contributed by atoms with Gasteiger partial charge < -0.3 is 20.5 Å². The Kier molecular flexibility index (Phi) is 8.53. The number of carbonyl (C=O) groups is 4. The van der Waals surface area contributed by atoms with Crippen molar-refractivity contribution >= 4 is 29.4 Å². The number of primary amides is 1. The highest BCUT2D eigenvalue weighted by Gasteiger charge is 2.37. The molecule has 0 saturated heterocycles. The molecule has 11 nitrogen and oxygen atoms in total. The molecule has 0 heterocycles. The third-order valence-electron chi connectivity index (χ3n) is 3.60. The molecule has 0 saturated carbocycles. The number of esters is 2. The van der Waals surface area contributed by atoms with E-state index in [1.165, 1.54) is 25.1 Å². The molecular weight excluding hydrogens is 374 g/mol. The van der Waals surface area contributed by atoms with Gasteiger partial charge in [-0.15, -0.1) is 0 Å². The number of nitrogens with two attached hydrogens (primary N) is 1. The fraction of sp³-hybridized carbons (Fsp3) is 0.412. The molecule has 11 heteroatoms. The topological polar surface area (TPSA) is 168 Å². The van der Waals surface area contributed by atoms with Crippen LogP contribution < -0.4 is 11.1 Å². The lowest BCUT2D eigenvalue weighted by molar-refractivity contribution is -0.384. The van der Waals surface area contributed by atoms with Crippen molar-refractivity contribution in [2.75, 3.05) is 13.2 Å². The lowest BCUT2D eigenvalue weighted by Crippen LogP contribution is -2.52. The summed E-state index contributed by atoms with van der Waals surface area (Å²) in [6.07, 6.45) is -0.546. The molecule has 0 spiro atoms. The number of nitrogens with zero attached hydrogens (tertiary/aromatic N) is 1. The Morgan fingerprint density at radius 1 is 1.18 bits per heavy atom. The maximum Gasteiger partial charge on any atom is 0.312 e. The van der Waals surface area contributed by atoms with Crippen LogP contribution in [0.3, 0.4) is 0 Å². The highest BCUT2D eigenvalue weighted by molar-refractivity contribution is 5.99. The van der Waals surface area contributed by atoms with Crippen LogP contribution in [0.15, 0.2) is 24.3 Å². The highest BCUT2D eigenvalue weighted by Crippen LogP contribution is 2.16. The van der Waals surface area contributed by atoms with E-state index in [0.717, 1.165) is 6.07 Å². The van der Waals surface area contributed by atoms with Crippen molar-refractivity contribution in [2.24, 2.45) is 11.7 Å². The van der Waals surface area contributed by atoms with Gasteiger partial charge in [0.25, 0.3) is 11.6 Å². The molecule has 0 aliphatic heterocycles. The fourth-order valence-corrected chi connectivity index (χ4v) is 2.34. The van der Waals surface area contributed by atoms with Crippen LogP contribution in [0.4, 0.5) is 5.69 Å². The van der Waals surface area contributed by atoms with Crippen molar-refractivity contribution in [3.8, 4) is 0 Å². The van der Waals surface area contributed by atoms with E-state index in [0.29, 0.717) is 0 Å². The Bertz CT molecular complexity index is 765. The quantitative estimate of drug-likeness (QED) is 0.324. The summed E-state index contributed by atoms with van der Waals surface area (Å²) in [5, 5.41) is 13.1. The first kappa shape index (κ1) is 22.5. The van der Waals surface area contributed by atoms with Crippen molar-refractivity contribution < 1.29 is 33.6 Å². The Balaban J connectivity index is 3.12. The lowest BCUT2D eigenvalue weighted by atomic mass is 9.95. The van der Waals surface area contributed by atoms with E-state index in [9.17, 15) is 29.3 Å². The first-order valence-corrected chi connectivity index (χ1v) is 8.38. The molecule has 2 amide bonds. The Labute approximate surface area is 160 Å². The summed E-state index contributed by atoms with van der Waals surface area (Å²) in [5.41, 5.74) is 4.84. The zero-order chi connectivity index (χ0) is 21.3. The summed E-state index contributed by atoms with van der Waals surface area (Å²) in [5.74, 6) is -5.08. The van der Waals surface area contributed by atoms with Gasteiger partial charge in [0.2, 0.25) is 5.91 Å². The van der Waals surface area contributed by atoms with Gasteiger partial charge in [-0.25, -0.2) is 0 Å². The average molecular weight is 395 g/mol. The van der Waals surface area contributed by atoms with Gasteiger partial charge in [0.05, 0.1) is 30.5 Å². The number of amides is 2. The predicted molar refractivity (Wildman–Crippen MR) is 94.9 cm³/mol. The summed E-state index contributed by atoms with van der Waals surface area (Å²) in [6, 6.07) is 3.16. The summed E-state index contributed by atoms with van der Waals surface area (Å²) in [7, 11) is 0. The standard InChI is InChI=1S/C17H21N3O8/c1-3-27-13(21)9-12(17(24)28-4-2)14(15(18)22)19-16(23)10-6-5-7-11(8-10)20(25)26/h5-8,12,14H,3-4,9H2,1-2H3,(H2,18,22)(H,19,23)/t12-,14+/m0/s1. The van der Waals surface area contributed by atoms with E-state index < -0.39 is 47.1 Å². The molecule has 2 atom stereocenters. The van der Waals surface area contributed by atoms with E-state index in [1.807, 2.05) is 0 Å². The number of carbonyl (C=O) groups excluding carboxylic acids is 4. The van der Waals surface area contributed by atoms with Crippen LogP contribution in [0.5, 0.6) is 0 Å². The van der Waals surface area contributed by atoms with Gasteiger partial charge in [-0.1, -0.05) is 6.07 Å². The number of hydrogen-bond donors (Lipinski definition) is 2. The maximum absolute atomic E-state index is 12.4. The van der Waals surface area contributed by atoms with Gasteiger partial charge >= 0.3 is 11.9 Å². The largest absolute Gasteiger partial charge is 0.466 e. The van der Waals surface area contributed by atoms with Crippen molar-refractivity contribution in [3.63, 3.8) is 0 Å². The number of hydrogen-bond acceptors (Lipinski definition) is 8. The van der Waals surface area contributed by atoms with E-state index >= 15 is 0 Å². The van der Waals surface area contributed by atoms with Crippen LogP contribution in [0.1, 0.15) is 30.6 Å². The van der Waals surface area contributed by atoms with Gasteiger partial charge in [-0.3, -0.25) is 29.3 Å². The molecule has 0 fully saturated rings. The van der Waals surface area contributed by atoms with Crippen LogP contribution in [-0.2, 0) is 23.9 Å². The maximum atomic E-state index is 12.4. The molecule has 0 aliphatic rings. The number of ether oxygens (including phenoxy) is 2. The molecule has 0 radical (unpaired) electrons. The molecule has 3 N–H and O–H groups in total. The monoisotopic (exact) mass is 395 g/mol. The first-order chi connectivity index (χ1) is 13.2. The first-order valence-electron chi connectivity index (χ1n) is 8.38. The van der Waals surface area contributed by atoms with Crippen molar-refractivity contribution in [2.45, 2.75) is 26.3 Å². The highest BCUT2D eigenvalue weighted by atomic mass is 16.6.